The first kappa shape index (κ1) is 15.9. The monoisotopic (exact) mass is 297 g/mol. The van der Waals surface area contributed by atoms with Crippen LogP contribution in [0.4, 0.5) is 14.5 Å². The molecule has 1 aliphatic heterocycles. The normalized spacial score (nSPS) is 25.6. The maximum absolute atomic E-state index is 13.1. The van der Waals surface area contributed by atoms with Gasteiger partial charge in [-0.25, -0.2) is 8.78 Å². The van der Waals surface area contributed by atoms with E-state index in [0.717, 1.165) is 31.8 Å². The van der Waals surface area contributed by atoms with Crippen LogP contribution in [0.2, 0.25) is 0 Å². The number of hydrogen-bond donors (Lipinski definition) is 2. The molecule has 0 saturated carbocycles. The number of benzene rings is 1. The van der Waals surface area contributed by atoms with Gasteiger partial charge in [0.1, 0.15) is 0 Å². The molecule has 1 aliphatic rings. The molecule has 1 aromatic carbocycles. The maximum Gasteiger partial charge on any atom is 0.230 e. The van der Waals surface area contributed by atoms with Crippen molar-refractivity contribution >= 4 is 11.6 Å². The summed E-state index contributed by atoms with van der Waals surface area (Å²) in [5.41, 5.74) is 0.300. The Bertz CT molecular complexity index is 497. The number of nitrogens with one attached hydrogen (secondary N) is 2. The first-order valence-corrected chi connectivity index (χ1v) is 7.52. The molecule has 1 amide bonds. The van der Waals surface area contributed by atoms with Crippen LogP contribution >= 0.6 is 0 Å². The van der Waals surface area contributed by atoms with Crippen molar-refractivity contribution in [1.29, 1.82) is 0 Å². The summed E-state index contributed by atoms with van der Waals surface area (Å²) >= 11 is 0. The smallest absolute Gasteiger partial charge is 0.230 e. The van der Waals surface area contributed by atoms with E-state index in [-0.39, 0.29) is 5.91 Å². The zero-order valence-electron chi connectivity index (χ0n) is 12.6. The number of anilines is 1. The van der Waals surface area contributed by atoms with Crippen LogP contribution in [0.15, 0.2) is 18.2 Å². The minimum atomic E-state index is -0.947. The van der Waals surface area contributed by atoms with Crippen molar-refractivity contribution in [2.45, 2.75) is 26.7 Å². The average Bonchev–Trinajstić information content (AvgIpc) is 2.40. The van der Waals surface area contributed by atoms with Gasteiger partial charge in [-0.2, -0.15) is 0 Å². The molecule has 1 aromatic rings. The summed E-state index contributed by atoms with van der Waals surface area (Å²) in [4.78, 5) is 13.3. The van der Waals surface area contributed by atoms with E-state index in [1.165, 1.54) is 17.4 Å². The third-order valence-electron chi connectivity index (χ3n) is 3.99. The fourth-order valence-corrected chi connectivity index (χ4v) is 3.21. The molecular formula is C16H23F2N2O+. The van der Waals surface area contributed by atoms with Crippen molar-refractivity contribution in [2.75, 3.05) is 25.0 Å². The van der Waals surface area contributed by atoms with Crippen LogP contribution in [0, 0.1) is 23.5 Å². The number of carbonyl (C=O) groups is 1. The predicted octanol–water partition coefficient (Wildman–Crippen LogP) is 1.85. The summed E-state index contributed by atoms with van der Waals surface area (Å²) in [6.07, 6.45) is 1.65. The minimum Gasteiger partial charge on any atom is -0.334 e. The third kappa shape index (κ3) is 4.77. The van der Waals surface area contributed by atoms with Crippen LogP contribution in [0.25, 0.3) is 0 Å². The van der Waals surface area contributed by atoms with Crippen LogP contribution in [-0.4, -0.2) is 25.5 Å². The fraction of sp³-hybridized carbons (Fsp3) is 0.562. The van der Waals surface area contributed by atoms with Crippen molar-refractivity contribution in [3.8, 4) is 0 Å². The molecule has 116 valence electrons. The van der Waals surface area contributed by atoms with Crippen molar-refractivity contribution in [2.24, 2.45) is 11.8 Å². The van der Waals surface area contributed by atoms with E-state index in [0.29, 0.717) is 23.9 Å². The van der Waals surface area contributed by atoms with Gasteiger partial charge in [-0.15, -0.1) is 0 Å². The van der Waals surface area contributed by atoms with Gasteiger partial charge in [-0.1, -0.05) is 13.8 Å². The lowest BCUT2D eigenvalue weighted by atomic mass is 9.92. The molecule has 1 heterocycles. The Morgan fingerprint density at radius 2 is 1.90 bits per heavy atom. The van der Waals surface area contributed by atoms with Crippen LogP contribution in [-0.2, 0) is 4.79 Å². The van der Waals surface area contributed by atoms with Crippen LogP contribution in [0.1, 0.15) is 26.7 Å². The molecular weight excluding hydrogens is 274 g/mol. The van der Waals surface area contributed by atoms with Gasteiger partial charge in [0.25, 0.3) is 0 Å². The number of piperidine rings is 1. The first-order valence-electron chi connectivity index (χ1n) is 7.52. The molecule has 0 spiro atoms. The lowest BCUT2D eigenvalue weighted by molar-refractivity contribution is -0.911. The van der Waals surface area contributed by atoms with Crippen molar-refractivity contribution in [3.05, 3.63) is 29.8 Å². The Balaban J connectivity index is 1.80. The Morgan fingerprint density at radius 1 is 1.24 bits per heavy atom. The lowest BCUT2D eigenvalue weighted by Crippen LogP contribution is -3.14. The van der Waals surface area contributed by atoms with E-state index in [9.17, 15) is 13.6 Å². The van der Waals surface area contributed by atoms with E-state index in [1.54, 1.807) is 0 Å². The lowest BCUT2D eigenvalue weighted by Gasteiger charge is -2.31. The van der Waals surface area contributed by atoms with Gasteiger partial charge in [-0.3, -0.25) is 4.79 Å². The quantitative estimate of drug-likeness (QED) is 0.874. The SMILES string of the molecule is C[C@@H]1C[C@@H](C)C[NH+](CCC(=O)Nc2ccc(F)c(F)c2)C1. The van der Waals surface area contributed by atoms with E-state index in [1.807, 2.05) is 0 Å². The average molecular weight is 297 g/mol. The zero-order chi connectivity index (χ0) is 15.4. The topological polar surface area (TPSA) is 33.5 Å². The highest BCUT2D eigenvalue weighted by atomic mass is 19.2. The number of carbonyl (C=O) groups excluding carboxylic acids is 1. The van der Waals surface area contributed by atoms with Crippen LogP contribution in [0.3, 0.4) is 0 Å². The summed E-state index contributed by atoms with van der Waals surface area (Å²) in [5.74, 6) is -0.624. The third-order valence-corrected chi connectivity index (χ3v) is 3.99. The van der Waals surface area contributed by atoms with Gasteiger partial charge in [0.2, 0.25) is 5.91 Å². The highest BCUT2D eigenvalue weighted by molar-refractivity contribution is 5.90. The summed E-state index contributed by atoms with van der Waals surface area (Å²) in [5, 5.41) is 2.61. The second-order valence-corrected chi connectivity index (χ2v) is 6.28. The fourth-order valence-electron chi connectivity index (χ4n) is 3.21. The molecule has 1 fully saturated rings. The highest BCUT2D eigenvalue weighted by Gasteiger charge is 2.25. The Kier molecular flexibility index (Phi) is 5.28. The number of quaternary nitrogens is 1. The molecule has 1 saturated heterocycles. The molecule has 2 rings (SSSR count). The van der Waals surface area contributed by atoms with Crippen LogP contribution in [0.5, 0.6) is 0 Å². The first-order chi connectivity index (χ1) is 9.94. The maximum atomic E-state index is 13.1. The van der Waals surface area contributed by atoms with E-state index in [4.69, 9.17) is 0 Å². The standard InChI is InChI=1S/C16H22F2N2O/c1-11-7-12(2)10-20(9-11)6-5-16(21)19-13-3-4-14(17)15(18)8-13/h3-4,8,11-12H,5-7,9-10H2,1-2H3,(H,19,21)/p+1/t11-,12-/m1/s1. The van der Waals surface area contributed by atoms with Crippen molar-refractivity contribution < 1.29 is 18.5 Å². The summed E-state index contributed by atoms with van der Waals surface area (Å²) in [6, 6.07) is 3.39. The molecule has 0 aromatic heterocycles. The summed E-state index contributed by atoms with van der Waals surface area (Å²) < 4.78 is 25.9. The number of rotatable bonds is 4. The molecule has 0 radical (unpaired) electrons. The van der Waals surface area contributed by atoms with E-state index >= 15 is 0 Å². The van der Waals surface area contributed by atoms with Crippen LogP contribution < -0.4 is 10.2 Å². The molecule has 3 nitrogen and oxygen atoms in total. The molecule has 5 heteroatoms. The second kappa shape index (κ2) is 6.98. The van der Waals surface area contributed by atoms with Gasteiger partial charge in [0, 0.05) is 23.6 Å². The minimum absolute atomic E-state index is 0.153. The molecule has 21 heavy (non-hydrogen) atoms. The molecule has 0 bridgehead atoms. The summed E-state index contributed by atoms with van der Waals surface area (Å²) in [6.45, 7) is 7.48. The van der Waals surface area contributed by atoms with Gasteiger partial charge >= 0.3 is 0 Å². The van der Waals surface area contributed by atoms with Gasteiger partial charge in [0.05, 0.1) is 26.1 Å². The molecule has 0 unspecified atom stereocenters. The molecule has 0 aliphatic carbocycles. The number of amides is 1. The van der Waals surface area contributed by atoms with E-state index < -0.39 is 11.6 Å². The van der Waals surface area contributed by atoms with Gasteiger partial charge in [0.15, 0.2) is 11.6 Å². The Labute approximate surface area is 124 Å². The van der Waals surface area contributed by atoms with Crippen molar-refractivity contribution in [1.82, 2.24) is 0 Å². The number of halogens is 2. The van der Waals surface area contributed by atoms with Gasteiger partial charge in [-0.05, 0) is 18.6 Å². The predicted molar refractivity (Wildman–Crippen MR) is 78.1 cm³/mol. The van der Waals surface area contributed by atoms with E-state index in [2.05, 4.69) is 19.2 Å². The summed E-state index contributed by atoms with van der Waals surface area (Å²) in [7, 11) is 0. The van der Waals surface area contributed by atoms with Gasteiger partial charge < -0.3 is 10.2 Å². The second-order valence-electron chi connectivity index (χ2n) is 6.28. The molecule has 2 atom stereocenters. The Morgan fingerprint density at radius 3 is 2.52 bits per heavy atom. The Hall–Kier alpha value is -1.49. The zero-order valence-corrected chi connectivity index (χ0v) is 12.6. The molecule has 2 N–H and O–H groups in total. The van der Waals surface area contributed by atoms with Crippen molar-refractivity contribution in [3.63, 3.8) is 0 Å². The largest absolute Gasteiger partial charge is 0.334 e. The number of hydrogen-bond acceptors (Lipinski definition) is 1. The highest BCUT2D eigenvalue weighted by Crippen LogP contribution is 2.14. The number of likely N-dealkylation sites (tertiary alicyclic amines) is 1.